The van der Waals surface area contributed by atoms with Crippen molar-refractivity contribution in [3.8, 4) is 11.5 Å². The second kappa shape index (κ2) is 6.15. The number of rotatable bonds is 5. The number of hydrogen-bond acceptors (Lipinski definition) is 5. The largest absolute Gasteiger partial charge is 0.480 e. The van der Waals surface area contributed by atoms with Crippen LogP contribution in [0.4, 0.5) is 0 Å². The first-order valence-corrected chi connectivity index (χ1v) is 6.91. The van der Waals surface area contributed by atoms with E-state index in [0.717, 1.165) is 4.90 Å². The number of amides is 2. The first-order valence-electron chi connectivity index (χ1n) is 6.91. The lowest BCUT2D eigenvalue weighted by molar-refractivity contribution is -0.154. The molecule has 0 aliphatic carbocycles. The molecule has 2 N–H and O–H groups in total. The topological polar surface area (TPSA) is 105 Å². The molecule has 0 radical (unpaired) electrons. The summed E-state index contributed by atoms with van der Waals surface area (Å²) in [6.45, 7) is 2.62. The van der Waals surface area contributed by atoms with Crippen molar-refractivity contribution in [2.24, 2.45) is 0 Å². The molecule has 1 aromatic carbocycles. The summed E-state index contributed by atoms with van der Waals surface area (Å²) in [5.74, 6) is -1.08. The molecule has 1 aliphatic rings. The summed E-state index contributed by atoms with van der Waals surface area (Å²) in [6, 6.07) is 4.68. The summed E-state index contributed by atoms with van der Waals surface area (Å²) in [5, 5.41) is 11.6. The van der Waals surface area contributed by atoms with Crippen LogP contribution in [0.15, 0.2) is 18.2 Å². The summed E-state index contributed by atoms with van der Waals surface area (Å²) in [7, 11) is 1.38. The zero-order valence-corrected chi connectivity index (χ0v) is 13.1. The van der Waals surface area contributed by atoms with Crippen molar-refractivity contribution in [1.29, 1.82) is 0 Å². The van der Waals surface area contributed by atoms with Gasteiger partial charge in [-0.05, 0) is 32.0 Å². The van der Waals surface area contributed by atoms with Crippen LogP contribution in [0.2, 0.25) is 0 Å². The Balaban J connectivity index is 1.96. The maximum atomic E-state index is 12.1. The molecule has 8 heteroatoms. The van der Waals surface area contributed by atoms with E-state index in [4.69, 9.17) is 14.6 Å². The lowest BCUT2D eigenvalue weighted by Crippen LogP contribution is -2.53. The third-order valence-electron chi connectivity index (χ3n) is 3.77. The summed E-state index contributed by atoms with van der Waals surface area (Å²) >= 11 is 0. The number of aliphatic carboxylic acids is 1. The van der Waals surface area contributed by atoms with Crippen molar-refractivity contribution in [3.05, 3.63) is 23.8 Å². The molecule has 1 aliphatic heterocycles. The van der Waals surface area contributed by atoms with Gasteiger partial charge in [-0.1, -0.05) is 0 Å². The molecule has 0 unspecified atom stereocenters. The van der Waals surface area contributed by atoms with Gasteiger partial charge >= 0.3 is 5.97 Å². The highest BCUT2D eigenvalue weighted by atomic mass is 16.7. The van der Waals surface area contributed by atoms with Crippen LogP contribution in [-0.4, -0.2) is 53.7 Å². The van der Waals surface area contributed by atoms with Crippen LogP contribution in [0.25, 0.3) is 0 Å². The molecule has 1 heterocycles. The molecular formula is C15H18N2O6. The number of hydrogen-bond donors (Lipinski definition) is 2. The van der Waals surface area contributed by atoms with Gasteiger partial charge in [-0.15, -0.1) is 0 Å². The van der Waals surface area contributed by atoms with Crippen molar-refractivity contribution in [2.75, 3.05) is 20.4 Å². The van der Waals surface area contributed by atoms with Crippen LogP contribution >= 0.6 is 0 Å². The van der Waals surface area contributed by atoms with Gasteiger partial charge in [-0.3, -0.25) is 9.59 Å². The molecule has 2 rings (SSSR count). The summed E-state index contributed by atoms with van der Waals surface area (Å²) in [5.41, 5.74) is -1.04. The standard InChI is InChI=1S/C15H18N2O6/c1-15(2,14(20)21)17(3)12(18)7-16-13(19)9-4-5-10-11(6-9)23-8-22-10/h4-6H,7-8H2,1-3H3,(H,16,19)(H,20,21). The second-order valence-electron chi connectivity index (χ2n) is 5.57. The van der Waals surface area contributed by atoms with Crippen LogP contribution in [-0.2, 0) is 9.59 Å². The van der Waals surface area contributed by atoms with Gasteiger partial charge in [0.05, 0.1) is 6.54 Å². The van der Waals surface area contributed by atoms with Gasteiger partial charge in [0.2, 0.25) is 12.7 Å². The van der Waals surface area contributed by atoms with Gasteiger partial charge < -0.3 is 24.8 Å². The summed E-state index contributed by atoms with van der Waals surface area (Å²) < 4.78 is 10.3. The van der Waals surface area contributed by atoms with Crippen molar-refractivity contribution in [2.45, 2.75) is 19.4 Å². The fourth-order valence-electron chi connectivity index (χ4n) is 1.87. The predicted octanol–water partition coefficient (Wildman–Crippen LogP) is 0.467. The molecule has 0 bridgehead atoms. The maximum Gasteiger partial charge on any atom is 0.329 e. The Labute approximate surface area is 133 Å². The quantitative estimate of drug-likeness (QED) is 0.816. The third kappa shape index (κ3) is 3.36. The number of nitrogens with one attached hydrogen (secondary N) is 1. The Morgan fingerprint density at radius 2 is 1.91 bits per heavy atom. The van der Waals surface area contributed by atoms with Crippen molar-refractivity contribution >= 4 is 17.8 Å². The summed E-state index contributed by atoms with van der Waals surface area (Å²) in [6.07, 6.45) is 0. The first-order chi connectivity index (χ1) is 10.7. The molecule has 0 atom stereocenters. The zero-order chi connectivity index (χ0) is 17.2. The van der Waals surface area contributed by atoms with Crippen LogP contribution in [0.1, 0.15) is 24.2 Å². The lowest BCUT2D eigenvalue weighted by Gasteiger charge is -2.31. The van der Waals surface area contributed by atoms with E-state index >= 15 is 0 Å². The number of ether oxygens (including phenoxy) is 2. The second-order valence-corrected chi connectivity index (χ2v) is 5.57. The van der Waals surface area contributed by atoms with Gasteiger partial charge in [-0.25, -0.2) is 4.79 Å². The van der Waals surface area contributed by atoms with E-state index in [9.17, 15) is 14.4 Å². The monoisotopic (exact) mass is 322 g/mol. The van der Waals surface area contributed by atoms with Crippen LogP contribution in [0, 0.1) is 0 Å². The van der Waals surface area contributed by atoms with Gasteiger partial charge in [-0.2, -0.15) is 0 Å². The third-order valence-corrected chi connectivity index (χ3v) is 3.77. The van der Waals surface area contributed by atoms with E-state index in [0.29, 0.717) is 17.1 Å². The normalized spacial score (nSPS) is 12.7. The highest BCUT2D eigenvalue weighted by molar-refractivity contribution is 5.97. The average Bonchev–Trinajstić information content (AvgIpc) is 2.98. The predicted molar refractivity (Wildman–Crippen MR) is 79.4 cm³/mol. The number of benzene rings is 1. The average molecular weight is 322 g/mol. The fraction of sp³-hybridized carbons (Fsp3) is 0.400. The Bertz CT molecular complexity index is 655. The number of carbonyl (C=O) groups excluding carboxylic acids is 2. The van der Waals surface area contributed by atoms with E-state index < -0.39 is 23.3 Å². The van der Waals surface area contributed by atoms with Crippen molar-refractivity contribution in [3.63, 3.8) is 0 Å². The van der Waals surface area contributed by atoms with Crippen molar-refractivity contribution in [1.82, 2.24) is 10.2 Å². The van der Waals surface area contributed by atoms with Crippen molar-refractivity contribution < 1.29 is 29.0 Å². The molecule has 8 nitrogen and oxygen atoms in total. The van der Waals surface area contributed by atoms with E-state index in [-0.39, 0.29) is 13.3 Å². The van der Waals surface area contributed by atoms with Crippen LogP contribution in [0.5, 0.6) is 11.5 Å². The number of likely N-dealkylation sites (N-methyl/N-ethyl adjacent to an activating group) is 1. The Hall–Kier alpha value is -2.77. The smallest absolute Gasteiger partial charge is 0.329 e. The maximum absolute atomic E-state index is 12.1. The number of carboxylic acid groups (broad SMARTS) is 1. The molecule has 23 heavy (non-hydrogen) atoms. The van der Waals surface area contributed by atoms with Gasteiger partial charge in [0.1, 0.15) is 5.54 Å². The minimum absolute atomic E-state index is 0.105. The van der Waals surface area contributed by atoms with Crippen LogP contribution < -0.4 is 14.8 Å². The molecular weight excluding hydrogens is 304 g/mol. The Morgan fingerprint density at radius 1 is 1.26 bits per heavy atom. The van der Waals surface area contributed by atoms with E-state index in [2.05, 4.69) is 5.32 Å². The fourth-order valence-corrected chi connectivity index (χ4v) is 1.87. The zero-order valence-electron chi connectivity index (χ0n) is 13.1. The Morgan fingerprint density at radius 3 is 2.57 bits per heavy atom. The van der Waals surface area contributed by atoms with Gasteiger partial charge in [0, 0.05) is 12.6 Å². The SMILES string of the molecule is CN(C(=O)CNC(=O)c1ccc2c(c1)OCO2)C(C)(C)C(=O)O. The molecule has 2 amide bonds. The lowest BCUT2D eigenvalue weighted by atomic mass is 10.0. The number of carbonyl (C=O) groups is 3. The van der Waals surface area contributed by atoms with E-state index in [1.165, 1.54) is 27.0 Å². The molecule has 0 spiro atoms. The minimum Gasteiger partial charge on any atom is -0.480 e. The first kappa shape index (κ1) is 16.6. The Kier molecular flexibility index (Phi) is 4.44. The van der Waals surface area contributed by atoms with E-state index in [1.54, 1.807) is 12.1 Å². The molecule has 0 fully saturated rings. The van der Waals surface area contributed by atoms with Gasteiger partial charge in [0.15, 0.2) is 11.5 Å². The molecule has 124 valence electrons. The van der Waals surface area contributed by atoms with Gasteiger partial charge in [0.25, 0.3) is 5.91 Å². The number of carboxylic acids is 1. The molecule has 0 aromatic heterocycles. The van der Waals surface area contributed by atoms with Crippen LogP contribution in [0.3, 0.4) is 0 Å². The molecule has 0 saturated heterocycles. The molecule has 0 saturated carbocycles. The molecule has 1 aromatic rings. The minimum atomic E-state index is -1.36. The number of fused-ring (bicyclic) bond motifs is 1. The summed E-state index contributed by atoms with van der Waals surface area (Å²) in [4.78, 5) is 36.3. The number of nitrogens with zero attached hydrogens (tertiary/aromatic N) is 1. The highest BCUT2D eigenvalue weighted by Gasteiger charge is 2.35. The highest BCUT2D eigenvalue weighted by Crippen LogP contribution is 2.32. The van der Waals surface area contributed by atoms with E-state index in [1.807, 2.05) is 0 Å².